The second-order valence-electron chi connectivity index (χ2n) is 7.42. The number of rotatable bonds is 7. The van der Waals surface area contributed by atoms with Gasteiger partial charge in [-0.25, -0.2) is 4.68 Å². The van der Waals surface area contributed by atoms with Gasteiger partial charge in [-0.2, -0.15) is 18.3 Å². The van der Waals surface area contributed by atoms with E-state index in [1.54, 1.807) is 0 Å². The Bertz CT molecular complexity index is 1220. The molecule has 0 radical (unpaired) electrons. The number of halogens is 3. The Balaban J connectivity index is 1.34. The molecule has 0 fully saturated rings. The molecule has 4 rings (SSSR count). The van der Waals surface area contributed by atoms with Gasteiger partial charge < -0.3 is 14.6 Å². The van der Waals surface area contributed by atoms with Crippen molar-refractivity contribution in [2.75, 3.05) is 0 Å². The number of amides is 1. The first kappa shape index (κ1) is 22.2. The number of nitrogens with zero attached hydrogens (tertiary/aromatic N) is 3. The van der Waals surface area contributed by atoms with Crippen molar-refractivity contribution in [3.05, 3.63) is 102 Å². The topological polar surface area (TPSA) is 61.1 Å². The lowest BCUT2D eigenvalue weighted by Crippen LogP contribution is -2.27. The first-order valence-corrected chi connectivity index (χ1v) is 10.2. The Morgan fingerprint density at radius 1 is 1.03 bits per heavy atom. The summed E-state index contributed by atoms with van der Waals surface area (Å²) < 4.78 is 47.2. The molecular formula is C24H21F3N4O2. The lowest BCUT2D eigenvalue weighted by atomic mass is 10.1. The number of hydrogen-bond donors (Lipinski definition) is 1. The van der Waals surface area contributed by atoms with Crippen molar-refractivity contribution in [1.82, 2.24) is 19.7 Å². The maximum absolute atomic E-state index is 12.8. The predicted octanol–water partition coefficient (Wildman–Crippen LogP) is 5.22. The highest BCUT2D eigenvalue weighted by atomic mass is 19.4. The van der Waals surface area contributed by atoms with Crippen LogP contribution in [0.1, 0.15) is 34.6 Å². The van der Waals surface area contributed by atoms with Crippen LogP contribution in [0.3, 0.4) is 0 Å². The summed E-state index contributed by atoms with van der Waals surface area (Å²) in [7, 11) is 0. The maximum atomic E-state index is 12.8. The molecule has 1 atom stereocenters. The van der Waals surface area contributed by atoms with Gasteiger partial charge in [0.2, 0.25) is 0 Å². The van der Waals surface area contributed by atoms with E-state index < -0.39 is 11.7 Å². The Morgan fingerprint density at radius 3 is 2.45 bits per heavy atom. The van der Waals surface area contributed by atoms with Crippen molar-refractivity contribution in [1.29, 1.82) is 0 Å². The van der Waals surface area contributed by atoms with Crippen LogP contribution in [-0.2, 0) is 12.9 Å². The average Bonchev–Trinajstić information content (AvgIpc) is 3.50. The van der Waals surface area contributed by atoms with Gasteiger partial charge in [0, 0.05) is 24.3 Å². The van der Waals surface area contributed by atoms with E-state index in [-0.39, 0.29) is 30.1 Å². The molecule has 0 aliphatic carbocycles. The van der Waals surface area contributed by atoms with Crippen molar-refractivity contribution in [3.63, 3.8) is 0 Å². The van der Waals surface area contributed by atoms with Crippen LogP contribution < -0.4 is 10.1 Å². The quantitative estimate of drug-likeness (QED) is 0.417. The van der Waals surface area contributed by atoms with E-state index in [0.29, 0.717) is 0 Å². The molecular weight excluding hydrogens is 433 g/mol. The third-order valence-corrected chi connectivity index (χ3v) is 5.04. The molecule has 0 spiro atoms. The highest BCUT2D eigenvalue weighted by Gasteiger charge is 2.30. The van der Waals surface area contributed by atoms with Crippen LogP contribution in [0.5, 0.6) is 5.75 Å². The molecule has 1 amide bonds. The van der Waals surface area contributed by atoms with E-state index in [1.165, 1.54) is 29.1 Å². The molecule has 170 valence electrons. The molecule has 0 bridgehead atoms. The summed E-state index contributed by atoms with van der Waals surface area (Å²) in [5.41, 5.74) is 1.34. The van der Waals surface area contributed by atoms with Crippen LogP contribution in [0.4, 0.5) is 13.2 Å². The molecule has 2 aromatic carbocycles. The summed E-state index contributed by atoms with van der Waals surface area (Å²) in [4.78, 5) is 12.6. The summed E-state index contributed by atoms with van der Waals surface area (Å²) in [6.07, 6.45) is 0.981. The van der Waals surface area contributed by atoms with E-state index >= 15 is 0 Å². The number of carbonyl (C=O) groups excluding carboxylic acids is 1. The first-order valence-electron chi connectivity index (χ1n) is 10.2. The minimum absolute atomic E-state index is 0.0586. The molecule has 1 N–H and O–H groups in total. The van der Waals surface area contributed by atoms with Crippen LogP contribution >= 0.6 is 0 Å². The van der Waals surface area contributed by atoms with Crippen molar-refractivity contribution in [3.8, 4) is 11.4 Å². The van der Waals surface area contributed by atoms with Crippen LogP contribution in [-0.4, -0.2) is 20.3 Å². The van der Waals surface area contributed by atoms with Gasteiger partial charge in [0.1, 0.15) is 11.4 Å². The summed E-state index contributed by atoms with van der Waals surface area (Å²) >= 11 is 0. The summed E-state index contributed by atoms with van der Waals surface area (Å²) in [5.74, 6) is -0.307. The van der Waals surface area contributed by atoms with Crippen LogP contribution in [0.2, 0.25) is 0 Å². The normalized spacial score (nSPS) is 12.4. The van der Waals surface area contributed by atoms with Gasteiger partial charge in [-0.3, -0.25) is 4.79 Å². The van der Waals surface area contributed by atoms with Crippen molar-refractivity contribution in [2.24, 2.45) is 0 Å². The molecule has 6 nitrogen and oxygen atoms in total. The van der Waals surface area contributed by atoms with Gasteiger partial charge in [-0.15, -0.1) is 0 Å². The van der Waals surface area contributed by atoms with Crippen molar-refractivity contribution < 1.29 is 22.7 Å². The third kappa shape index (κ3) is 5.43. The lowest BCUT2D eigenvalue weighted by molar-refractivity contribution is -0.137. The van der Waals surface area contributed by atoms with E-state index in [4.69, 9.17) is 4.74 Å². The van der Waals surface area contributed by atoms with Crippen LogP contribution in [0, 0.1) is 0 Å². The molecule has 33 heavy (non-hydrogen) atoms. The van der Waals surface area contributed by atoms with Gasteiger partial charge in [0.25, 0.3) is 5.91 Å². The number of aromatic nitrogens is 3. The van der Waals surface area contributed by atoms with Crippen molar-refractivity contribution >= 4 is 5.91 Å². The fraction of sp³-hybridized carbons (Fsp3) is 0.167. The number of benzene rings is 2. The minimum atomic E-state index is -4.45. The Morgan fingerprint density at radius 2 is 1.76 bits per heavy atom. The monoisotopic (exact) mass is 454 g/mol. The van der Waals surface area contributed by atoms with Crippen LogP contribution in [0.15, 0.2) is 85.3 Å². The number of hydrogen-bond acceptors (Lipinski definition) is 3. The van der Waals surface area contributed by atoms with E-state index in [2.05, 4.69) is 10.4 Å². The molecule has 1 unspecified atom stereocenters. The molecule has 2 aromatic heterocycles. The number of ether oxygens (including phenoxy) is 1. The van der Waals surface area contributed by atoms with E-state index in [9.17, 15) is 18.0 Å². The molecule has 4 aromatic rings. The van der Waals surface area contributed by atoms with Gasteiger partial charge in [-0.1, -0.05) is 18.2 Å². The Labute approximate surface area is 188 Å². The predicted molar refractivity (Wildman–Crippen MR) is 116 cm³/mol. The zero-order chi connectivity index (χ0) is 23.4. The summed E-state index contributed by atoms with van der Waals surface area (Å²) in [6.45, 7) is 1.74. The Hall–Kier alpha value is -4.01. The molecule has 0 aliphatic rings. The first-order chi connectivity index (χ1) is 15.8. The number of alkyl halides is 3. The lowest BCUT2D eigenvalue weighted by Gasteiger charge is -2.14. The number of nitrogens with one attached hydrogen (secondary N) is 1. The third-order valence-electron chi connectivity index (χ3n) is 5.04. The van der Waals surface area contributed by atoms with Crippen molar-refractivity contribution in [2.45, 2.75) is 25.9 Å². The second kappa shape index (κ2) is 9.23. The number of carbonyl (C=O) groups is 1. The average molecular weight is 454 g/mol. The van der Waals surface area contributed by atoms with Gasteiger partial charge in [-0.05, 0) is 61.0 Å². The molecule has 0 aliphatic heterocycles. The van der Waals surface area contributed by atoms with Gasteiger partial charge >= 0.3 is 6.18 Å². The molecule has 9 heteroatoms. The largest absolute Gasteiger partial charge is 0.471 e. The fourth-order valence-electron chi connectivity index (χ4n) is 3.25. The smallest absolute Gasteiger partial charge is 0.416 e. The van der Waals surface area contributed by atoms with E-state index in [0.717, 1.165) is 23.4 Å². The van der Waals surface area contributed by atoms with E-state index in [1.807, 2.05) is 60.3 Å². The second-order valence-corrected chi connectivity index (χ2v) is 7.42. The molecule has 0 saturated carbocycles. The zero-order valence-corrected chi connectivity index (χ0v) is 17.7. The highest BCUT2D eigenvalue weighted by molar-refractivity contribution is 5.92. The standard InChI is InChI=1S/C24H21F3N4O2/c1-17(18-7-9-20(10-8-18)30-12-2-3-13-30)28-23(32)22-11-14-31(29-22)16-33-21-6-4-5-19(15-21)24(25,26)27/h2-15,17H,16H2,1H3,(H,28,32). The molecule has 0 saturated heterocycles. The van der Waals surface area contributed by atoms with Crippen LogP contribution in [0.25, 0.3) is 5.69 Å². The minimum Gasteiger partial charge on any atom is -0.471 e. The maximum Gasteiger partial charge on any atom is 0.416 e. The highest BCUT2D eigenvalue weighted by Crippen LogP contribution is 2.31. The fourth-order valence-corrected chi connectivity index (χ4v) is 3.25. The SMILES string of the molecule is CC(NC(=O)c1ccn(COc2cccc(C(F)(F)F)c2)n1)c1ccc(-n2cccc2)cc1. The summed E-state index contributed by atoms with van der Waals surface area (Å²) in [5, 5.41) is 7.04. The Kier molecular flexibility index (Phi) is 6.21. The summed E-state index contributed by atoms with van der Waals surface area (Å²) in [6, 6.07) is 17.6. The zero-order valence-electron chi connectivity index (χ0n) is 17.7. The van der Waals surface area contributed by atoms with Gasteiger partial charge in [0.15, 0.2) is 6.73 Å². The molecule has 2 heterocycles. The van der Waals surface area contributed by atoms with Gasteiger partial charge in [0.05, 0.1) is 11.6 Å².